The lowest BCUT2D eigenvalue weighted by Crippen LogP contribution is -2.56. The number of esters is 1. The minimum Gasteiger partial charge on any atom is -0.479 e. The van der Waals surface area contributed by atoms with E-state index in [4.69, 9.17) is 33.7 Å². The second-order valence-electron chi connectivity index (χ2n) is 13.2. The third-order valence-corrected chi connectivity index (χ3v) is 10.3. The average Bonchev–Trinajstić information content (AvgIpc) is 3.56. The van der Waals surface area contributed by atoms with Crippen molar-refractivity contribution in [3.63, 3.8) is 0 Å². The van der Waals surface area contributed by atoms with Crippen molar-refractivity contribution >= 4 is 41.4 Å². The van der Waals surface area contributed by atoms with Crippen LogP contribution in [0.15, 0.2) is 48.8 Å². The number of fused-ring (bicyclic) bond motifs is 2. The lowest BCUT2D eigenvalue weighted by molar-refractivity contribution is -0.225. The van der Waals surface area contributed by atoms with Gasteiger partial charge in [-0.15, -0.1) is 0 Å². The van der Waals surface area contributed by atoms with Gasteiger partial charge in [0.15, 0.2) is 17.4 Å². The fourth-order valence-electron chi connectivity index (χ4n) is 5.80. The summed E-state index contributed by atoms with van der Waals surface area (Å²) in [4.78, 5) is 25.7. The van der Waals surface area contributed by atoms with Crippen LogP contribution < -0.4 is 15.0 Å². The minimum atomic E-state index is -4.07. The van der Waals surface area contributed by atoms with E-state index in [0.717, 1.165) is 10.8 Å². The van der Waals surface area contributed by atoms with Crippen LogP contribution in [-0.4, -0.2) is 81.5 Å². The van der Waals surface area contributed by atoms with Crippen LogP contribution in [0.2, 0.25) is 0 Å². The first kappa shape index (κ1) is 33.1. The van der Waals surface area contributed by atoms with Gasteiger partial charge in [-0.3, -0.25) is 13.9 Å². The molecule has 4 heterocycles. The normalized spacial score (nSPS) is 24.6. The molecule has 2 saturated heterocycles. The monoisotopic (exact) mass is 669 g/mol. The molecular formula is C32H40N5O9P. The second-order valence-corrected chi connectivity index (χ2v) is 15.2. The standard InChI is InChI=1S/C32H40N5O9P/c1-19(28(39)42-17-31(2,3)4)16-47(40,46-22-12-8-10-20-9-6-7-11-21(20)22)44-15-23-25(38)32(13-14-43-32)29(45-23)37-18-34-24-26(37)35-30(33)36-27(24)41-5/h6-12,18-19,23,25,29,38H,13-17H2,1-5H3,(H2,33,35,36)/t19-,23?,25-,29?,32-,47?/m1/s1. The van der Waals surface area contributed by atoms with Gasteiger partial charge in [-0.2, -0.15) is 9.97 Å². The number of carbonyl (C=O) groups excluding carboxylic acids is 1. The number of hydrogen-bond acceptors (Lipinski definition) is 13. The number of rotatable bonds is 11. The van der Waals surface area contributed by atoms with Gasteiger partial charge in [0.2, 0.25) is 11.8 Å². The highest BCUT2D eigenvalue weighted by Gasteiger charge is 2.62. The van der Waals surface area contributed by atoms with E-state index in [-0.39, 0.29) is 36.6 Å². The average molecular weight is 670 g/mol. The van der Waals surface area contributed by atoms with E-state index in [1.807, 2.05) is 51.1 Å². The Bertz CT molecular complexity index is 1820. The van der Waals surface area contributed by atoms with Crippen LogP contribution in [0.4, 0.5) is 5.95 Å². The van der Waals surface area contributed by atoms with Crippen molar-refractivity contribution in [2.75, 3.05) is 38.8 Å². The SMILES string of the molecule is COc1nc(N)nc2c1ncn2C1OC(COP(=O)(C[C@@H](C)C(=O)OCC(C)(C)C)Oc2cccc3ccccc23)[C@@H](O)[C@]12CCO2. The quantitative estimate of drug-likeness (QED) is 0.169. The number of aromatic nitrogens is 4. The number of nitrogens with zero attached hydrogens (tertiary/aromatic N) is 4. The van der Waals surface area contributed by atoms with E-state index >= 15 is 0 Å². The number of hydrogen-bond donors (Lipinski definition) is 2. The van der Waals surface area contributed by atoms with Crippen LogP contribution in [0.25, 0.3) is 21.9 Å². The number of aliphatic hydroxyl groups is 1. The molecule has 0 radical (unpaired) electrons. The number of ether oxygens (including phenoxy) is 4. The number of nitrogens with two attached hydrogens (primary N) is 1. The van der Waals surface area contributed by atoms with Gasteiger partial charge in [0.25, 0.3) is 0 Å². The Morgan fingerprint density at radius 2 is 1.96 bits per heavy atom. The highest BCUT2D eigenvalue weighted by molar-refractivity contribution is 7.54. The van der Waals surface area contributed by atoms with E-state index in [0.29, 0.717) is 29.9 Å². The van der Waals surface area contributed by atoms with Crippen molar-refractivity contribution in [1.82, 2.24) is 19.5 Å². The molecule has 0 aliphatic carbocycles. The highest BCUT2D eigenvalue weighted by atomic mass is 31.2. The van der Waals surface area contributed by atoms with Crippen molar-refractivity contribution < 1.29 is 42.5 Å². The molecule has 3 N–H and O–H groups in total. The van der Waals surface area contributed by atoms with E-state index < -0.39 is 43.5 Å². The molecule has 47 heavy (non-hydrogen) atoms. The van der Waals surface area contributed by atoms with Gasteiger partial charge in [-0.1, -0.05) is 64.1 Å². The minimum absolute atomic E-state index is 0.0280. The Labute approximate surface area is 272 Å². The van der Waals surface area contributed by atoms with Crippen LogP contribution in [0.1, 0.15) is 40.3 Å². The molecule has 4 aromatic rings. The maximum atomic E-state index is 14.6. The first-order chi connectivity index (χ1) is 22.3. The summed E-state index contributed by atoms with van der Waals surface area (Å²) in [5.74, 6) is -0.843. The smallest absolute Gasteiger partial charge is 0.380 e. The lowest BCUT2D eigenvalue weighted by Gasteiger charge is -2.44. The number of aliphatic hydroxyl groups excluding tert-OH is 1. The van der Waals surface area contributed by atoms with Crippen LogP contribution in [-0.2, 0) is 28.1 Å². The van der Waals surface area contributed by atoms with Gasteiger partial charge < -0.3 is 34.3 Å². The van der Waals surface area contributed by atoms with E-state index in [1.165, 1.54) is 13.4 Å². The van der Waals surface area contributed by atoms with Gasteiger partial charge in [-0.25, -0.2) is 9.55 Å². The van der Waals surface area contributed by atoms with Crippen molar-refractivity contribution in [3.8, 4) is 11.6 Å². The first-order valence-electron chi connectivity index (χ1n) is 15.4. The summed E-state index contributed by atoms with van der Waals surface area (Å²) in [5.41, 5.74) is 5.21. The number of imidazole rings is 1. The Morgan fingerprint density at radius 3 is 2.66 bits per heavy atom. The first-order valence-corrected chi connectivity index (χ1v) is 17.1. The predicted molar refractivity (Wildman–Crippen MR) is 172 cm³/mol. The number of carbonyl (C=O) groups is 1. The summed E-state index contributed by atoms with van der Waals surface area (Å²) in [6.07, 6.45) is -1.37. The van der Waals surface area contributed by atoms with Crippen LogP contribution in [0.3, 0.4) is 0 Å². The predicted octanol–water partition coefficient (Wildman–Crippen LogP) is 4.50. The lowest BCUT2D eigenvalue weighted by atomic mass is 9.86. The maximum Gasteiger partial charge on any atom is 0.380 e. The molecule has 1 spiro atoms. The molecule has 0 saturated carbocycles. The van der Waals surface area contributed by atoms with Crippen LogP contribution >= 0.6 is 7.60 Å². The Hall–Kier alpha value is -3.81. The molecule has 14 nitrogen and oxygen atoms in total. The third-order valence-electron chi connectivity index (χ3n) is 8.26. The highest BCUT2D eigenvalue weighted by Crippen LogP contribution is 2.54. The molecule has 6 rings (SSSR count). The zero-order valence-electron chi connectivity index (χ0n) is 27.0. The van der Waals surface area contributed by atoms with Crippen LogP contribution in [0, 0.1) is 11.3 Å². The van der Waals surface area contributed by atoms with E-state index in [9.17, 15) is 14.5 Å². The third kappa shape index (κ3) is 6.53. The van der Waals surface area contributed by atoms with Crippen LogP contribution in [0.5, 0.6) is 11.6 Å². The van der Waals surface area contributed by atoms with Gasteiger partial charge in [0.1, 0.15) is 23.6 Å². The molecule has 252 valence electrons. The Morgan fingerprint density at radius 1 is 1.21 bits per heavy atom. The largest absolute Gasteiger partial charge is 0.479 e. The summed E-state index contributed by atoms with van der Waals surface area (Å²) < 4.78 is 51.6. The number of methoxy groups -OCH3 is 1. The molecule has 2 fully saturated rings. The van der Waals surface area contributed by atoms with Gasteiger partial charge in [0, 0.05) is 11.8 Å². The Balaban J connectivity index is 1.27. The fourth-order valence-corrected chi connectivity index (χ4v) is 7.69. The van der Waals surface area contributed by atoms with Crippen molar-refractivity contribution in [2.24, 2.45) is 11.3 Å². The van der Waals surface area contributed by atoms with Crippen molar-refractivity contribution in [1.29, 1.82) is 0 Å². The summed E-state index contributed by atoms with van der Waals surface area (Å²) in [5, 5.41) is 13.2. The summed E-state index contributed by atoms with van der Waals surface area (Å²) in [6, 6.07) is 12.9. The van der Waals surface area contributed by atoms with Gasteiger partial charge >= 0.3 is 13.6 Å². The molecule has 3 unspecified atom stereocenters. The number of nitrogen functional groups attached to an aromatic ring is 1. The summed E-state index contributed by atoms with van der Waals surface area (Å²) >= 11 is 0. The molecule has 0 amide bonds. The summed E-state index contributed by atoms with van der Waals surface area (Å²) in [6.45, 7) is 7.73. The van der Waals surface area contributed by atoms with E-state index in [2.05, 4.69) is 15.0 Å². The molecule has 2 aliphatic rings. The number of anilines is 1. The molecule has 0 bridgehead atoms. The summed E-state index contributed by atoms with van der Waals surface area (Å²) in [7, 11) is -2.62. The molecule has 2 aromatic carbocycles. The second kappa shape index (κ2) is 12.7. The maximum absolute atomic E-state index is 14.6. The molecule has 2 aliphatic heterocycles. The van der Waals surface area contributed by atoms with E-state index in [1.54, 1.807) is 23.6 Å². The zero-order valence-corrected chi connectivity index (χ0v) is 27.9. The molecular weight excluding hydrogens is 629 g/mol. The molecule has 15 heteroatoms. The molecule has 2 aromatic heterocycles. The number of benzene rings is 2. The molecule has 6 atom stereocenters. The fraction of sp³-hybridized carbons (Fsp3) is 0.500. The van der Waals surface area contributed by atoms with Crippen molar-refractivity contribution in [3.05, 3.63) is 48.8 Å². The van der Waals surface area contributed by atoms with Gasteiger partial charge in [-0.05, 0) is 16.9 Å². The zero-order chi connectivity index (χ0) is 33.6. The Kier molecular flexibility index (Phi) is 8.92. The van der Waals surface area contributed by atoms with Crippen molar-refractivity contribution in [2.45, 2.75) is 58.2 Å². The van der Waals surface area contributed by atoms with Gasteiger partial charge in [0.05, 0.1) is 45.3 Å². The topological polar surface area (TPSA) is 179 Å².